The molecule has 2 heterocycles. The van der Waals surface area contributed by atoms with Gasteiger partial charge in [0.15, 0.2) is 0 Å². The van der Waals surface area contributed by atoms with Crippen LogP contribution in [0.15, 0.2) is 18.3 Å². The maximum atomic E-state index is 4.64. The van der Waals surface area contributed by atoms with Crippen molar-refractivity contribution in [3.8, 4) is 0 Å². The Morgan fingerprint density at radius 1 is 1.30 bits per heavy atom. The second-order valence-electron chi connectivity index (χ2n) is 5.85. The zero-order valence-electron chi connectivity index (χ0n) is 13.1. The van der Waals surface area contributed by atoms with Crippen LogP contribution in [0.4, 0.5) is 0 Å². The summed E-state index contributed by atoms with van der Waals surface area (Å²) in [5.41, 5.74) is 2.49. The molecule has 0 aromatic carbocycles. The molecule has 2 rings (SSSR count). The van der Waals surface area contributed by atoms with Gasteiger partial charge >= 0.3 is 0 Å². The van der Waals surface area contributed by atoms with E-state index in [-0.39, 0.29) is 0 Å². The first-order valence-electron chi connectivity index (χ1n) is 8.22. The van der Waals surface area contributed by atoms with Crippen LogP contribution < -0.4 is 5.32 Å². The quantitative estimate of drug-likeness (QED) is 0.827. The van der Waals surface area contributed by atoms with Crippen LogP contribution in [0.25, 0.3) is 0 Å². The van der Waals surface area contributed by atoms with Crippen molar-refractivity contribution in [2.24, 2.45) is 0 Å². The van der Waals surface area contributed by atoms with Crippen LogP contribution in [0.1, 0.15) is 57.2 Å². The lowest BCUT2D eigenvalue weighted by atomic mass is 9.98. The predicted molar refractivity (Wildman–Crippen MR) is 84.6 cm³/mol. The molecule has 0 amide bonds. The number of likely N-dealkylation sites (tertiary alicyclic amines) is 1. The van der Waals surface area contributed by atoms with Gasteiger partial charge in [0.1, 0.15) is 0 Å². The second kappa shape index (κ2) is 8.38. The molecule has 112 valence electrons. The molecule has 0 radical (unpaired) electrons. The van der Waals surface area contributed by atoms with Gasteiger partial charge < -0.3 is 5.32 Å². The van der Waals surface area contributed by atoms with E-state index in [1.807, 2.05) is 6.20 Å². The molecular formula is C17H29N3. The van der Waals surface area contributed by atoms with Crippen LogP contribution in [-0.2, 0) is 13.1 Å². The average Bonchev–Trinajstić information content (AvgIpc) is 2.49. The first kappa shape index (κ1) is 15.5. The summed E-state index contributed by atoms with van der Waals surface area (Å²) in [4.78, 5) is 7.28. The van der Waals surface area contributed by atoms with Crippen molar-refractivity contribution in [1.82, 2.24) is 15.2 Å². The summed E-state index contributed by atoms with van der Waals surface area (Å²) >= 11 is 0. The van der Waals surface area contributed by atoms with E-state index in [0.29, 0.717) is 0 Å². The van der Waals surface area contributed by atoms with Gasteiger partial charge in [-0.05, 0) is 44.0 Å². The third kappa shape index (κ3) is 4.57. The predicted octanol–water partition coefficient (Wildman–Crippen LogP) is 3.35. The largest absolute Gasteiger partial charge is 0.313 e. The van der Waals surface area contributed by atoms with E-state index < -0.39 is 0 Å². The fourth-order valence-electron chi connectivity index (χ4n) is 3.06. The molecule has 3 heteroatoms. The summed E-state index contributed by atoms with van der Waals surface area (Å²) in [6.07, 6.45) is 8.76. The van der Waals surface area contributed by atoms with Gasteiger partial charge in [-0.2, -0.15) is 0 Å². The summed E-state index contributed by atoms with van der Waals surface area (Å²) in [6.45, 7) is 8.62. The highest BCUT2D eigenvalue weighted by Gasteiger charge is 2.21. The van der Waals surface area contributed by atoms with E-state index in [9.17, 15) is 0 Å². The van der Waals surface area contributed by atoms with Gasteiger partial charge in [0.2, 0.25) is 0 Å². The van der Waals surface area contributed by atoms with Crippen molar-refractivity contribution >= 4 is 0 Å². The molecule has 0 saturated carbocycles. The maximum Gasteiger partial charge on any atom is 0.0544 e. The van der Waals surface area contributed by atoms with Crippen LogP contribution in [0, 0.1) is 0 Å². The van der Waals surface area contributed by atoms with E-state index in [2.05, 4.69) is 41.2 Å². The Bertz CT molecular complexity index is 372. The Hall–Kier alpha value is -0.930. The highest BCUT2D eigenvalue weighted by Crippen LogP contribution is 2.22. The first-order chi connectivity index (χ1) is 9.83. The van der Waals surface area contributed by atoms with Crippen LogP contribution in [0.2, 0.25) is 0 Å². The van der Waals surface area contributed by atoms with E-state index >= 15 is 0 Å². The summed E-state index contributed by atoms with van der Waals surface area (Å²) in [7, 11) is 0. The molecular weight excluding hydrogens is 246 g/mol. The summed E-state index contributed by atoms with van der Waals surface area (Å²) in [5.74, 6) is 0. The summed E-state index contributed by atoms with van der Waals surface area (Å²) < 4.78 is 0. The highest BCUT2D eigenvalue weighted by atomic mass is 15.2. The molecule has 0 bridgehead atoms. The molecule has 0 spiro atoms. The fraction of sp³-hybridized carbons (Fsp3) is 0.706. The van der Waals surface area contributed by atoms with Crippen molar-refractivity contribution in [1.29, 1.82) is 0 Å². The number of pyridine rings is 1. The number of piperidine rings is 1. The van der Waals surface area contributed by atoms with E-state index in [1.54, 1.807) is 0 Å². The minimum atomic E-state index is 0.775. The van der Waals surface area contributed by atoms with Gasteiger partial charge in [-0.15, -0.1) is 0 Å². The summed E-state index contributed by atoms with van der Waals surface area (Å²) in [6, 6.07) is 5.19. The lowest BCUT2D eigenvalue weighted by molar-refractivity contribution is 0.130. The number of nitrogens with zero attached hydrogens (tertiary/aromatic N) is 2. The van der Waals surface area contributed by atoms with E-state index in [4.69, 9.17) is 0 Å². The molecule has 1 atom stereocenters. The Morgan fingerprint density at radius 3 is 2.90 bits per heavy atom. The minimum absolute atomic E-state index is 0.775. The molecule has 1 aromatic rings. The third-order valence-electron chi connectivity index (χ3n) is 4.20. The van der Waals surface area contributed by atoms with Gasteiger partial charge in [0.05, 0.1) is 5.69 Å². The standard InChI is InChI=1S/C17H29N3/c1-3-7-17-8-5-6-11-20(17)14-16-10-9-15(13-19-16)12-18-4-2/h9-10,13,17-18H,3-8,11-12,14H2,1-2H3. The lowest BCUT2D eigenvalue weighted by Gasteiger charge is -2.35. The zero-order chi connectivity index (χ0) is 14.2. The molecule has 1 saturated heterocycles. The third-order valence-corrected chi connectivity index (χ3v) is 4.20. The molecule has 1 N–H and O–H groups in total. The molecule has 1 unspecified atom stereocenters. The number of rotatable bonds is 7. The minimum Gasteiger partial charge on any atom is -0.313 e. The Morgan fingerprint density at radius 2 is 2.20 bits per heavy atom. The van der Waals surface area contributed by atoms with Crippen LogP contribution in [0.5, 0.6) is 0 Å². The Balaban J connectivity index is 1.90. The molecule has 1 aliphatic heterocycles. The van der Waals surface area contributed by atoms with Gasteiger partial charge in [0.25, 0.3) is 0 Å². The lowest BCUT2D eigenvalue weighted by Crippen LogP contribution is -2.39. The number of hydrogen-bond acceptors (Lipinski definition) is 3. The zero-order valence-corrected chi connectivity index (χ0v) is 13.1. The molecule has 1 aromatic heterocycles. The van der Waals surface area contributed by atoms with Gasteiger partial charge in [-0.1, -0.05) is 32.8 Å². The van der Waals surface area contributed by atoms with Crippen molar-refractivity contribution in [2.45, 2.75) is 65.1 Å². The van der Waals surface area contributed by atoms with Gasteiger partial charge in [-0.25, -0.2) is 0 Å². The van der Waals surface area contributed by atoms with Gasteiger partial charge in [-0.3, -0.25) is 9.88 Å². The van der Waals surface area contributed by atoms with Gasteiger partial charge in [0, 0.05) is 25.3 Å². The Labute approximate surface area is 123 Å². The smallest absolute Gasteiger partial charge is 0.0544 e. The van der Waals surface area contributed by atoms with Crippen molar-refractivity contribution in [3.63, 3.8) is 0 Å². The Kier molecular flexibility index (Phi) is 6.48. The van der Waals surface area contributed by atoms with Crippen molar-refractivity contribution in [3.05, 3.63) is 29.6 Å². The SMILES string of the molecule is CCCC1CCCCN1Cc1ccc(CNCC)cn1. The molecule has 1 aliphatic rings. The molecule has 1 fully saturated rings. The van der Waals surface area contributed by atoms with Crippen LogP contribution in [0.3, 0.4) is 0 Å². The first-order valence-corrected chi connectivity index (χ1v) is 8.22. The normalized spacial score (nSPS) is 20.2. The topological polar surface area (TPSA) is 28.2 Å². The monoisotopic (exact) mass is 275 g/mol. The number of hydrogen-bond donors (Lipinski definition) is 1. The molecule has 0 aliphatic carbocycles. The highest BCUT2D eigenvalue weighted by molar-refractivity contribution is 5.14. The molecule has 20 heavy (non-hydrogen) atoms. The molecule has 3 nitrogen and oxygen atoms in total. The fourth-order valence-corrected chi connectivity index (χ4v) is 3.06. The number of nitrogens with one attached hydrogen (secondary N) is 1. The van der Waals surface area contributed by atoms with E-state index in [1.165, 1.54) is 49.9 Å². The maximum absolute atomic E-state index is 4.64. The number of aromatic nitrogens is 1. The second-order valence-corrected chi connectivity index (χ2v) is 5.85. The summed E-state index contributed by atoms with van der Waals surface area (Å²) in [5, 5.41) is 3.34. The van der Waals surface area contributed by atoms with Crippen molar-refractivity contribution < 1.29 is 0 Å². The van der Waals surface area contributed by atoms with Crippen LogP contribution in [-0.4, -0.2) is 29.0 Å². The van der Waals surface area contributed by atoms with E-state index in [0.717, 1.165) is 25.7 Å². The van der Waals surface area contributed by atoms with Crippen LogP contribution >= 0.6 is 0 Å². The van der Waals surface area contributed by atoms with Crippen molar-refractivity contribution in [2.75, 3.05) is 13.1 Å². The average molecular weight is 275 g/mol.